The van der Waals surface area contributed by atoms with E-state index in [2.05, 4.69) is 9.97 Å². The zero-order chi connectivity index (χ0) is 15.7. The second kappa shape index (κ2) is 6.38. The van der Waals surface area contributed by atoms with Crippen LogP contribution in [0.3, 0.4) is 0 Å². The van der Waals surface area contributed by atoms with E-state index in [4.69, 9.17) is 27.9 Å². The van der Waals surface area contributed by atoms with Gasteiger partial charge in [-0.1, -0.05) is 29.3 Å². The fraction of sp³-hybridized carbons (Fsp3) is 0.200. The van der Waals surface area contributed by atoms with E-state index >= 15 is 0 Å². The Hall–Kier alpha value is -1.40. The lowest BCUT2D eigenvalue weighted by molar-refractivity contribution is 0.200. The van der Waals surface area contributed by atoms with Gasteiger partial charge in [-0.25, -0.2) is 4.98 Å². The summed E-state index contributed by atoms with van der Waals surface area (Å²) >= 11 is 13.4. The van der Waals surface area contributed by atoms with Crippen LogP contribution in [0.25, 0.3) is 21.3 Å². The first-order valence-electron chi connectivity index (χ1n) is 6.55. The monoisotopic (exact) mass is 354 g/mol. The van der Waals surface area contributed by atoms with Gasteiger partial charge in [0.25, 0.3) is 5.56 Å². The van der Waals surface area contributed by atoms with E-state index in [1.165, 1.54) is 11.3 Å². The molecule has 0 saturated heterocycles. The van der Waals surface area contributed by atoms with Gasteiger partial charge in [-0.05, 0) is 17.7 Å². The lowest BCUT2D eigenvalue weighted by atomic mass is 10.1. The number of hydrogen-bond donors (Lipinski definition) is 1. The Labute approximate surface area is 140 Å². The van der Waals surface area contributed by atoms with Crippen molar-refractivity contribution in [3.63, 3.8) is 0 Å². The highest BCUT2D eigenvalue weighted by atomic mass is 35.5. The summed E-state index contributed by atoms with van der Waals surface area (Å²) in [5, 5.41) is 3.43. The first-order chi connectivity index (χ1) is 10.6. The normalized spacial score (nSPS) is 11.2. The maximum atomic E-state index is 12.4. The van der Waals surface area contributed by atoms with Crippen molar-refractivity contribution in [2.45, 2.75) is 6.42 Å². The molecule has 0 fully saturated rings. The van der Waals surface area contributed by atoms with Crippen LogP contribution in [0.15, 0.2) is 28.4 Å². The first-order valence-corrected chi connectivity index (χ1v) is 8.18. The number of thiophene rings is 1. The third kappa shape index (κ3) is 2.90. The summed E-state index contributed by atoms with van der Waals surface area (Å²) in [4.78, 5) is 20.4. The molecule has 22 heavy (non-hydrogen) atoms. The number of methoxy groups -OCH3 is 1. The number of aromatic amines is 1. The zero-order valence-electron chi connectivity index (χ0n) is 11.7. The van der Waals surface area contributed by atoms with E-state index < -0.39 is 0 Å². The van der Waals surface area contributed by atoms with Gasteiger partial charge in [-0.3, -0.25) is 4.79 Å². The van der Waals surface area contributed by atoms with Crippen LogP contribution in [0, 0.1) is 0 Å². The minimum Gasteiger partial charge on any atom is -0.384 e. The highest BCUT2D eigenvalue weighted by Gasteiger charge is 2.13. The molecule has 0 aliphatic rings. The molecule has 0 amide bonds. The van der Waals surface area contributed by atoms with Crippen molar-refractivity contribution in [3.05, 3.63) is 49.8 Å². The Morgan fingerprint density at radius 2 is 2.14 bits per heavy atom. The summed E-state index contributed by atoms with van der Waals surface area (Å²) < 4.78 is 5.01. The zero-order valence-corrected chi connectivity index (χ0v) is 14.0. The van der Waals surface area contributed by atoms with Gasteiger partial charge in [-0.15, -0.1) is 11.3 Å². The summed E-state index contributed by atoms with van der Waals surface area (Å²) in [5.74, 6) is 0.627. The number of benzene rings is 1. The molecule has 1 aromatic carbocycles. The van der Waals surface area contributed by atoms with Crippen molar-refractivity contribution >= 4 is 44.8 Å². The molecule has 0 aliphatic heterocycles. The molecule has 1 N–H and O–H groups in total. The van der Waals surface area contributed by atoms with Gasteiger partial charge in [0.05, 0.1) is 22.0 Å². The highest BCUT2D eigenvalue weighted by Crippen LogP contribution is 2.34. The maximum Gasteiger partial charge on any atom is 0.260 e. The number of halogens is 2. The summed E-state index contributed by atoms with van der Waals surface area (Å²) in [6.07, 6.45) is 0.571. The molecule has 3 aromatic rings. The number of nitrogens with one attached hydrogen (secondary N) is 1. The van der Waals surface area contributed by atoms with E-state index in [-0.39, 0.29) is 5.56 Å². The lowest BCUT2D eigenvalue weighted by Gasteiger charge is -2.03. The van der Waals surface area contributed by atoms with Crippen LogP contribution in [0.5, 0.6) is 0 Å². The molecule has 4 nitrogen and oxygen atoms in total. The topological polar surface area (TPSA) is 55.0 Å². The third-order valence-corrected chi connectivity index (χ3v) is 4.88. The second-order valence-electron chi connectivity index (χ2n) is 4.71. The number of H-pyrrole nitrogens is 1. The number of ether oxygens (including phenoxy) is 1. The van der Waals surface area contributed by atoms with Crippen molar-refractivity contribution < 1.29 is 4.74 Å². The fourth-order valence-corrected chi connectivity index (χ4v) is 3.45. The molecule has 0 unspecified atom stereocenters. The van der Waals surface area contributed by atoms with E-state index in [0.29, 0.717) is 39.1 Å². The number of rotatable bonds is 4. The molecule has 3 rings (SSSR count). The number of nitrogens with zero attached hydrogens (tertiary/aromatic N) is 1. The van der Waals surface area contributed by atoms with Gasteiger partial charge in [0.1, 0.15) is 10.7 Å². The van der Waals surface area contributed by atoms with Gasteiger partial charge in [0.2, 0.25) is 0 Å². The van der Waals surface area contributed by atoms with E-state index in [1.54, 1.807) is 19.2 Å². The standard InChI is InChI=1S/C15H12Cl2N2O2S/c1-21-5-4-12-18-14(20)13-9(7-22-15(13)19-12)8-2-3-10(16)11(17)6-8/h2-3,6-7H,4-5H2,1H3,(H,18,19,20). The third-order valence-electron chi connectivity index (χ3n) is 3.27. The smallest absolute Gasteiger partial charge is 0.260 e. The number of aromatic nitrogens is 2. The van der Waals surface area contributed by atoms with Crippen molar-refractivity contribution in [2.24, 2.45) is 0 Å². The van der Waals surface area contributed by atoms with E-state index in [0.717, 1.165) is 11.1 Å². The molecular weight excluding hydrogens is 343 g/mol. The molecule has 0 atom stereocenters. The van der Waals surface area contributed by atoms with Crippen molar-refractivity contribution in [2.75, 3.05) is 13.7 Å². The largest absolute Gasteiger partial charge is 0.384 e. The molecule has 0 bridgehead atoms. The molecule has 2 heterocycles. The molecule has 114 valence electrons. The van der Waals surface area contributed by atoms with Gasteiger partial charge >= 0.3 is 0 Å². The molecule has 2 aromatic heterocycles. The minimum atomic E-state index is -0.154. The summed E-state index contributed by atoms with van der Waals surface area (Å²) in [7, 11) is 1.62. The van der Waals surface area contributed by atoms with Gasteiger partial charge in [0, 0.05) is 24.5 Å². The molecule has 0 saturated carbocycles. The SMILES string of the molecule is COCCc1nc2scc(-c3ccc(Cl)c(Cl)c3)c2c(=O)[nH]1. The lowest BCUT2D eigenvalue weighted by Crippen LogP contribution is -2.12. The predicted octanol–water partition coefficient (Wildman–Crippen LogP) is 4.15. The van der Waals surface area contributed by atoms with Crippen LogP contribution in [0.4, 0.5) is 0 Å². The Morgan fingerprint density at radius 1 is 1.32 bits per heavy atom. The van der Waals surface area contributed by atoms with Crippen LogP contribution in [0.1, 0.15) is 5.82 Å². The van der Waals surface area contributed by atoms with Crippen LogP contribution in [0.2, 0.25) is 10.0 Å². The summed E-state index contributed by atoms with van der Waals surface area (Å²) in [5.41, 5.74) is 1.50. The first kappa shape index (κ1) is 15.5. The molecule has 7 heteroatoms. The molecular formula is C15H12Cl2N2O2S. The Morgan fingerprint density at radius 3 is 2.86 bits per heavy atom. The Bertz CT molecular complexity index is 889. The van der Waals surface area contributed by atoms with Crippen LogP contribution < -0.4 is 5.56 Å². The average Bonchev–Trinajstić information content (AvgIpc) is 2.92. The molecule has 0 radical (unpaired) electrons. The van der Waals surface area contributed by atoms with Crippen molar-refractivity contribution in [3.8, 4) is 11.1 Å². The van der Waals surface area contributed by atoms with Crippen LogP contribution in [-0.4, -0.2) is 23.7 Å². The van der Waals surface area contributed by atoms with Gasteiger partial charge < -0.3 is 9.72 Å². The summed E-state index contributed by atoms with van der Waals surface area (Å²) in [6, 6.07) is 5.31. The number of fused-ring (bicyclic) bond motifs is 1. The van der Waals surface area contributed by atoms with Crippen LogP contribution in [-0.2, 0) is 11.2 Å². The Kier molecular flexibility index (Phi) is 4.49. The summed E-state index contributed by atoms with van der Waals surface area (Å²) in [6.45, 7) is 0.513. The number of hydrogen-bond acceptors (Lipinski definition) is 4. The average molecular weight is 355 g/mol. The van der Waals surface area contributed by atoms with Gasteiger partial charge in [0.15, 0.2) is 0 Å². The minimum absolute atomic E-state index is 0.154. The van der Waals surface area contributed by atoms with Crippen molar-refractivity contribution in [1.29, 1.82) is 0 Å². The molecule has 0 spiro atoms. The highest BCUT2D eigenvalue weighted by molar-refractivity contribution is 7.17. The Balaban J connectivity index is 2.12. The quantitative estimate of drug-likeness (QED) is 0.765. The predicted molar refractivity (Wildman–Crippen MR) is 91.3 cm³/mol. The van der Waals surface area contributed by atoms with E-state index in [1.807, 2.05) is 11.4 Å². The van der Waals surface area contributed by atoms with E-state index in [9.17, 15) is 4.79 Å². The molecule has 0 aliphatic carbocycles. The van der Waals surface area contributed by atoms with Gasteiger partial charge in [-0.2, -0.15) is 0 Å². The fourth-order valence-electron chi connectivity index (χ4n) is 2.19. The maximum absolute atomic E-state index is 12.4. The van der Waals surface area contributed by atoms with Crippen molar-refractivity contribution in [1.82, 2.24) is 9.97 Å². The van der Waals surface area contributed by atoms with Crippen LogP contribution >= 0.6 is 34.5 Å². The second-order valence-corrected chi connectivity index (χ2v) is 6.39.